The van der Waals surface area contributed by atoms with Gasteiger partial charge in [0.15, 0.2) is 29.7 Å². The molecule has 2 N–H and O–H groups in total. The van der Waals surface area contributed by atoms with Crippen LogP contribution in [0, 0.1) is 37.1 Å². The van der Waals surface area contributed by atoms with Crippen LogP contribution in [-0.4, -0.2) is 62.4 Å². The molecular formula is C40H37BrF4N6O4S2. The summed E-state index contributed by atoms with van der Waals surface area (Å²) < 4.78 is 104. The van der Waals surface area contributed by atoms with Gasteiger partial charge in [0.05, 0.1) is 46.3 Å². The number of pyridine rings is 2. The third-order valence-electron chi connectivity index (χ3n) is 10.1. The molecule has 2 aliphatic rings. The van der Waals surface area contributed by atoms with Gasteiger partial charge in [0.2, 0.25) is 0 Å². The lowest BCUT2D eigenvalue weighted by molar-refractivity contribution is 0.588. The molecule has 0 saturated heterocycles. The van der Waals surface area contributed by atoms with Gasteiger partial charge in [-0.1, -0.05) is 12.1 Å². The van der Waals surface area contributed by atoms with Crippen LogP contribution in [-0.2, 0) is 45.6 Å². The average Bonchev–Trinajstić information content (AvgIpc) is 3.70. The monoisotopic (exact) mass is 884 g/mol. The molecule has 4 aromatic heterocycles. The van der Waals surface area contributed by atoms with Gasteiger partial charge in [0.25, 0.3) is 0 Å². The summed E-state index contributed by atoms with van der Waals surface area (Å²) in [5.74, 6) is -2.46. The number of aromatic nitrogens is 4. The van der Waals surface area contributed by atoms with Crippen molar-refractivity contribution in [3.05, 3.63) is 128 Å². The Balaban J connectivity index is 0.000000174. The number of fused-ring (bicyclic) bond motifs is 2. The number of halogens is 5. The minimum Gasteiger partial charge on any atom is -0.365 e. The summed E-state index contributed by atoms with van der Waals surface area (Å²) in [6.07, 6.45) is 6.72. The molecule has 6 heterocycles. The van der Waals surface area contributed by atoms with Crippen molar-refractivity contribution in [2.75, 3.05) is 35.4 Å². The maximum absolute atomic E-state index is 14.3. The number of nitrogens with zero attached hydrogens (tertiary/aromatic N) is 4. The Bertz CT molecular complexity index is 2730. The Labute approximate surface area is 336 Å². The fourth-order valence-corrected chi connectivity index (χ4v) is 9.15. The fourth-order valence-electron chi connectivity index (χ4n) is 7.22. The summed E-state index contributed by atoms with van der Waals surface area (Å²) in [6, 6.07) is 12.5. The lowest BCUT2D eigenvalue weighted by Crippen LogP contribution is -2.31. The Morgan fingerprint density at radius 2 is 1.14 bits per heavy atom. The molecule has 0 aliphatic carbocycles. The number of aromatic amines is 2. The first-order valence-corrected chi connectivity index (χ1v) is 22.3. The number of hydrogen-bond acceptors (Lipinski definition) is 8. The van der Waals surface area contributed by atoms with Crippen molar-refractivity contribution in [2.45, 2.75) is 49.8 Å². The quantitative estimate of drug-likeness (QED) is 0.161. The van der Waals surface area contributed by atoms with E-state index in [0.29, 0.717) is 54.9 Å². The van der Waals surface area contributed by atoms with Gasteiger partial charge in [-0.25, -0.2) is 44.4 Å². The minimum atomic E-state index is -3.38. The number of anilines is 2. The Kier molecular flexibility index (Phi) is 10.9. The lowest BCUT2D eigenvalue weighted by atomic mass is 10.1. The molecular weight excluding hydrogens is 849 g/mol. The summed E-state index contributed by atoms with van der Waals surface area (Å²) in [6.45, 7) is 6.09. The van der Waals surface area contributed by atoms with Crippen LogP contribution in [0.25, 0.3) is 22.5 Å². The highest BCUT2D eigenvalue weighted by molar-refractivity contribution is 9.10. The third kappa shape index (κ3) is 8.09. The first-order valence-electron chi connectivity index (χ1n) is 17.7. The van der Waals surface area contributed by atoms with Gasteiger partial charge in [0.1, 0.15) is 23.3 Å². The van der Waals surface area contributed by atoms with Crippen LogP contribution in [0.4, 0.5) is 28.9 Å². The summed E-state index contributed by atoms with van der Waals surface area (Å²) in [5, 5.41) is 0.0852. The lowest BCUT2D eigenvalue weighted by Gasteiger charge is -2.30. The van der Waals surface area contributed by atoms with E-state index >= 15 is 0 Å². The van der Waals surface area contributed by atoms with Crippen molar-refractivity contribution in [3.8, 4) is 22.5 Å². The van der Waals surface area contributed by atoms with E-state index in [9.17, 15) is 34.4 Å². The van der Waals surface area contributed by atoms with Gasteiger partial charge in [-0.2, -0.15) is 0 Å². The number of nitrogens with one attached hydrogen (secondary N) is 2. The Morgan fingerprint density at radius 3 is 1.63 bits per heavy atom. The molecule has 0 amide bonds. The first kappa shape index (κ1) is 40.2. The molecule has 0 bridgehead atoms. The third-order valence-corrected chi connectivity index (χ3v) is 12.9. The van der Waals surface area contributed by atoms with Crippen LogP contribution in [0.5, 0.6) is 0 Å². The highest BCUT2D eigenvalue weighted by Gasteiger charge is 2.28. The van der Waals surface area contributed by atoms with Crippen molar-refractivity contribution >= 4 is 47.0 Å². The second-order valence-corrected chi connectivity index (χ2v) is 18.9. The van der Waals surface area contributed by atoms with Crippen LogP contribution in [0.15, 0.2) is 81.5 Å². The molecule has 0 spiro atoms. The maximum Gasteiger partial charge on any atom is 0.192 e. The van der Waals surface area contributed by atoms with E-state index in [4.69, 9.17) is 0 Å². The van der Waals surface area contributed by atoms with Crippen LogP contribution >= 0.6 is 15.9 Å². The number of aryl methyl sites for hydroxylation is 2. The van der Waals surface area contributed by atoms with Gasteiger partial charge in [-0.15, -0.1) is 0 Å². The van der Waals surface area contributed by atoms with Gasteiger partial charge in [-0.3, -0.25) is 0 Å². The standard InChI is InChI=1S/C20H18BrF2N3O2S.C20H19F2N3O2S/c1-11-8-17(29(2,27)28)24-9-16(11)26-7-6-15-12(10-26)19(21)20(25-15)18-13(22)4-3-5-14(18)23;1-12-8-19(28(2,26)27)23-10-18(12)25-7-6-16-13(11-25)9-17(24-16)20-14(21)4-3-5-15(20)22/h3-5,8-9,25H,6-7,10H2,1-2H3;3-5,8-10,24H,6-7,11H2,1-2H3. The summed E-state index contributed by atoms with van der Waals surface area (Å²) in [7, 11) is -6.74. The second-order valence-electron chi connectivity index (χ2n) is 14.2. The van der Waals surface area contributed by atoms with Crippen LogP contribution in [0.2, 0.25) is 0 Å². The molecule has 8 rings (SSSR count). The number of rotatable bonds is 6. The van der Waals surface area contributed by atoms with Crippen molar-refractivity contribution in [2.24, 2.45) is 0 Å². The molecule has 0 saturated carbocycles. The fraction of sp³-hybridized carbons (Fsp3) is 0.250. The molecule has 0 atom stereocenters. The van der Waals surface area contributed by atoms with Gasteiger partial charge >= 0.3 is 0 Å². The van der Waals surface area contributed by atoms with Crippen LogP contribution < -0.4 is 9.80 Å². The van der Waals surface area contributed by atoms with E-state index in [1.807, 2.05) is 13.8 Å². The number of sulfone groups is 2. The van der Waals surface area contributed by atoms with E-state index < -0.39 is 42.9 Å². The second kappa shape index (κ2) is 15.4. The molecule has 0 unspecified atom stereocenters. The largest absolute Gasteiger partial charge is 0.365 e. The molecule has 57 heavy (non-hydrogen) atoms. The first-order chi connectivity index (χ1) is 26.9. The summed E-state index contributed by atoms with van der Waals surface area (Å²) >= 11 is 3.51. The van der Waals surface area contributed by atoms with Gasteiger partial charge in [-0.05, 0) is 88.9 Å². The van der Waals surface area contributed by atoms with E-state index in [1.54, 1.807) is 30.6 Å². The molecule has 10 nitrogen and oxygen atoms in total. The van der Waals surface area contributed by atoms with Crippen molar-refractivity contribution in [1.29, 1.82) is 0 Å². The predicted octanol–water partition coefficient (Wildman–Crippen LogP) is 8.02. The van der Waals surface area contributed by atoms with Crippen LogP contribution in [0.3, 0.4) is 0 Å². The SMILES string of the molecule is Cc1cc(S(C)(=O)=O)ncc1N1CCc2[nH]c(-c3c(F)cccc3F)c(Br)c2C1.Cc1cc(S(C)(=O)=O)ncc1N1CCc2[nH]c(-c3c(F)cccc3F)cc2C1. The van der Waals surface area contributed by atoms with Gasteiger partial charge < -0.3 is 19.8 Å². The Morgan fingerprint density at radius 1 is 0.667 bits per heavy atom. The van der Waals surface area contributed by atoms with Crippen molar-refractivity contribution in [1.82, 2.24) is 19.9 Å². The average molecular weight is 886 g/mol. The molecule has 0 fully saturated rings. The zero-order valence-corrected chi connectivity index (χ0v) is 34.4. The van der Waals surface area contributed by atoms with Crippen molar-refractivity contribution in [3.63, 3.8) is 0 Å². The van der Waals surface area contributed by atoms with E-state index in [2.05, 4.69) is 45.7 Å². The number of H-pyrrole nitrogens is 2. The summed E-state index contributed by atoms with van der Waals surface area (Å²) in [4.78, 5) is 18.7. The smallest absolute Gasteiger partial charge is 0.192 e. The minimum absolute atomic E-state index is 0.0385. The molecule has 2 aliphatic heterocycles. The predicted molar refractivity (Wildman–Crippen MR) is 214 cm³/mol. The maximum atomic E-state index is 14.3. The van der Waals surface area contributed by atoms with E-state index in [-0.39, 0.29) is 21.2 Å². The van der Waals surface area contributed by atoms with E-state index in [0.717, 1.165) is 57.5 Å². The topological polar surface area (TPSA) is 132 Å². The Hall–Kier alpha value is -5.00. The zero-order valence-electron chi connectivity index (χ0n) is 31.2. The molecule has 2 aromatic carbocycles. The summed E-state index contributed by atoms with van der Waals surface area (Å²) in [5.41, 5.74) is 7.69. The van der Waals surface area contributed by atoms with Crippen LogP contribution in [0.1, 0.15) is 33.6 Å². The number of hydrogen-bond donors (Lipinski definition) is 2. The molecule has 0 radical (unpaired) electrons. The highest BCUT2D eigenvalue weighted by atomic mass is 79.9. The normalized spacial score (nSPS) is 14.2. The molecule has 298 valence electrons. The molecule has 6 aromatic rings. The zero-order chi connectivity index (χ0) is 41.0. The van der Waals surface area contributed by atoms with E-state index in [1.165, 1.54) is 36.4 Å². The van der Waals surface area contributed by atoms with Gasteiger partial charge in [0, 0.05) is 73.0 Å². The van der Waals surface area contributed by atoms with Crippen molar-refractivity contribution < 1.29 is 34.4 Å². The number of benzene rings is 2. The highest BCUT2D eigenvalue weighted by Crippen LogP contribution is 2.39. The molecule has 17 heteroatoms.